The summed E-state index contributed by atoms with van der Waals surface area (Å²) in [7, 11) is 0. The van der Waals surface area contributed by atoms with Crippen molar-refractivity contribution in [2.75, 3.05) is 68.1 Å². The quantitative estimate of drug-likeness (QED) is 0.344. The molecule has 0 spiro atoms. The maximum absolute atomic E-state index is 12.3. The molecule has 188 valence electrons. The molecule has 1 aliphatic rings. The second-order valence-electron chi connectivity index (χ2n) is 7.46. The first kappa shape index (κ1) is 25.7. The van der Waals surface area contributed by atoms with Crippen LogP contribution in [0.2, 0.25) is 0 Å². The maximum atomic E-state index is 12.3. The van der Waals surface area contributed by atoms with E-state index in [-0.39, 0.29) is 5.75 Å². The van der Waals surface area contributed by atoms with Gasteiger partial charge in [-0.3, -0.25) is 0 Å². The Morgan fingerprint density at radius 1 is 0.882 bits per heavy atom. The Hall–Kier alpha value is -2.90. The van der Waals surface area contributed by atoms with E-state index in [1.807, 2.05) is 0 Å². The van der Waals surface area contributed by atoms with E-state index in [1.165, 1.54) is 12.1 Å². The number of anilines is 3. The average Bonchev–Trinajstić information content (AvgIpc) is 3.34. The van der Waals surface area contributed by atoms with Crippen molar-refractivity contribution in [1.29, 1.82) is 0 Å². The van der Waals surface area contributed by atoms with Gasteiger partial charge >= 0.3 is 6.36 Å². The smallest absolute Gasteiger partial charge is 0.406 e. The lowest BCUT2D eigenvalue weighted by atomic mass is 10.2. The molecule has 0 amide bonds. The summed E-state index contributed by atoms with van der Waals surface area (Å²) in [6.07, 6.45) is -2.57. The molecule has 2 aromatic rings. The first-order valence-corrected chi connectivity index (χ1v) is 11.1. The largest absolute Gasteiger partial charge is 0.573 e. The molecule has 0 bridgehead atoms. The van der Waals surface area contributed by atoms with Crippen LogP contribution in [0.4, 0.5) is 31.0 Å². The Balaban J connectivity index is 1.55. The fourth-order valence-corrected chi connectivity index (χ4v) is 3.21. The molecule has 13 heteroatoms. The second-order valence-corrected chi connectivity index (χ2v) is 7.46. The second kappa shape index (κ2) is 13.1. The molecule has 1 saturated heterocycles. The number of hydrogen-bond acceptors (Lipinski definition) is 10. The Kier molecular flexibility index (Phi) is 9.91. The summed E-state index contributed by atoms with van der Waals surface area (Å²) < 4.78 is 51.6. The summed E-state index contributed by atoms with van der Waals surface area (Å²) >= 11 is 0. The molecule has 0 atom stereocenters. The molecule has 1 fully saturated rings. The van der Waals surface area contributed by atoms with Gasteiger partial charge in [0.2, 0.25) is 17.8 Å². The van der Waals surface area contributed by atoms with Gasteiger partial charge < -0.3 is 35.5 Å². The molecule has 10 nitrogen and oxygen atoms in total. The van der Waals surface area contributed by atoms with Crippen LogP contribution in [0.15, 0.2) is 24.3 Å². The van der Waals surface area contributed by atoms with E-state index >= 15 is 0 Å². The van der Waals surface area contributed by atoms with Gasteiger partial charge in [-0.1, -0.05) is 12.1 Å². The molecule has 1 aliphatic heterocycles. The Labute approximate surface area is 196 Å². The number of nitrogens with zero attached hydrogens (tertiary/aromatic N) is 4. The predicted octanol–water partition coefficient (Wildman–Crippen LogP) is 2.39. The van der Waals surface area contributed by atoms with E-state index in [0.717, 1.165) is 31.5 Å². The third-order valence-electron chi connectivity index (χ3n) is 4.78. The van der Waals surface area contributed by atoms with Crippen LogP contribution in [0.1, 0.15) is 18.4 Å². The number of nitrogens with one attached hydrogen (secondary N) is 2. The molecule has 3 rings (SSSR count). The third-order valence-corrected chi connectivity index (χ3v) is 4.78. The molecular weight excluding hydrogens is 455 g/mol. The normalized spacial score (nSPS) is 13.8. The fourth-order valence-electron chi connectivity index (χ4n) is 3.21. The van der Waals surface area contributed by atoms with Crippen molar-refractivity contribution in [1.82, 2.24) is 15.0 Å². The molecule has 0 unspecified atom stereocenters. The predicted molar refractivity (Wildman–Crippen MR) is 121 cm³/mol. The molecule has 2 heterocycles. The highest BCUT2D eigenvalue weighted by Crippen LogP contribution is 2.23. The summed E-state index contributed by atoms with van der Waals surface area (Å²) in [4.78, 5) is 15.5. The maximum Gasteiger partial charge on any atom is 0.573 e. The van der Waals surface area contributed by atoms with E-state index < -0.39 is 6.36 Å². The Morgan fingerprint density at radius 2 is 1.53 bits per heavy atom. The molecular formula is C21H30F3N7O3. The molecule has 0 radical (unpaired) electrons. The van der Waals surface area contributed by atoms with Crippen molar-refractivity contribution in [2.45, 2.75) is 25.7 Å². The zero-order valence-corrected chi connectivity index (χ0v) is 18.8. The van der Waals surface area contributed by atoms with E-state index in [2.05, 4.69) is 35.2 Å². The Morgan fingerprint density at radius 3 is 2.18 bits per heavy atom. The van der Waals surface area contributed by atoms with Gasteiger partial charge in [0.1, 0.15) is 5.75 Å². The molecule has 34 heavy (non-hydrogen) atoms. The Bertz CT molecular complexity index is 866. The van der Waals surface area contributed by atoms with Crippen molar-refractivity contribution in [3.63, 3.8) is 0 Å². The number of rotatable bonds is 14. The van der Waals surface area contributed by atoms with Crippen LogP contribution >= 0.6 is 0 Å². The van der Waals surface area contributed by atoms with E-state index in [0.29, 0.717) is 63.9 Å². The summed E-state index contributed by atoms with van der Waals surface area (Å²) in [6.45, 7) is 4.96. The van der Waals surface area contributed by atoms with Gasteiger partial charge in [0.05, 0.1) is 26.4 Å². The third kappa shape index (κ3) is 9.15. The molecule has 4 N–H and O–H groups in total. The van der Waals surface area contributed by atoms with Crippen molar-refractivity contribution in [3.05, 3.63) is 29.8 Å². The van der Waals surface area contributed by atoms with E-state index in [1.54, 1.807) is 12.1 Å². The topological polar surface area (TPSA) is 120 Å². The SMILES string of the molecule is NCCOCCOCCNc1nc(NCc2ccc(OC(F)(F)F)cc2)nc(N2CCCC2)n1. The minimum atomic E-state index is -4.72. The zero-order chi connectivity index (χ0) is 24.2. The lowest BCUT2D eigenvalue weighted by Crippen LogP contribution is -2.23. The summed E-state index contributed by atoms with van der Waals surface area (Å²) in [5, 5.41) is 6.25. The van der Waals surface area contributed by atoms with E-state index in [4.69, 9.17) is 15.2 Å². The number of halogens is 3. The molecule has 0 saturated carbocycles. The van der Waals surface area contributed by atoms with Gasteiger partial charge in [0.15, 0.2) is 0 Å². The molecule has 1 aromatic carbocycles. The lowest BCUT2D eigenvalue weighted by Gasteiger charge is -2.17. The first-order valence-electron chi connectivity index (χ1n) is 11.1. The monoisotopic (exact) mass is 485 g/mol. The van der Waals surface area contributed by atoms with Gasteiger partial charge in [0, 0.05) is 32.7 Å². The van der Waals surface area contributed by atoms with Crippen molar-refractivity contribution < 1.29 is 27.4 Å². The van der Waals surface area contributed by atoms with Gasteiger partial charge in [0.25, 0.3) is 0 Å². The van der Waals surface area contributed by atoms with Gasteiger partial charge in [-0.25, -0.2) is 0 Å². The van der Waals surface area contributed by atoms with Crippen LogP contribution in [0.5, 0.6) is 5.75 Å². The fraction of sp³-hybridized carbons (Fsp3) is 0.571. The van der Waals surface area contributed by atoms with Crippen molar-refractivity contribution >= 4 is 17.8 Å². The van der Waals surface area contributed by atoms with Crippen LogP contribution in [0, 0.1) is 0 Å². The summed E-state index contributed by atoms with van der Waals surface area (Å²) in [5.74, 6) is 1.08. The summed E-state index contributed by atoms with van der Waals surface area (Å²) in [5.41, 5.74) is 6.11. The number of nitrogens with two attached hydrogens (primary N) is 1. The molecule has 0 aliphatic carbocycles. The number of alkyl halides is 3. The number of ether oxygens (including phenoxy) is 3. The van der Waals surface area contributed by atoms with E-state index in [9.17, 15) is 13.2 Å². The van der Waals surface area contributed by atoms with Gasteiger partial charge in [-0.2, -0.15) is 15.0 Å². The standard InChI is InChI=1S/C21H30F3N7O3/c22-21(23,24)34-17-5-3-16(4-6-17)15-27-19-28-18(26-8-12-33-14-13-32-11-7-25)29-20(30-19)31-9-1-2-10-31/h3-6H,1-2,7-15,25H2,(H2,26,27,28,29,30). The van der Waals surface area contributed by atoms with Crippen LogP contribution in [0.3, 0.4) is 0 Å². The van der Waals surface area contributed by atoms with Crippen LogP contribution in [-0.2, 0) is 16.0 Å². The summed E-state index contributed by atoms with van der Waals surface area (Å²) in [6, 6.07) is 5.62. The minimum absolute atomic E-state index is 0.271. The van der Waals surface area contributed by atoms with Crippen molar-refractivity contribution in [3.8, 4) is 5.75 Å². The highest BCUT2D eigenvalue weighted by molar-refractivity contribution is 5.44. The van der Waals surface area contributed by atoms with Gasteiger partial charge in [-0.15, -0.1) is 13.2 Å². The highest BCUT2D eigenvalue weighted by Gasteiger charge is 2.30. The lowest BCUT2D eigenvalue weighted by molar-refractivity contribution is -0.274. The van der Waals surface area contributed by atoms with Crippen molar-refractivity contribution in [2.24, 2.45) is 5.73 Å². The molecule has 1 aromatic heterocycles. The van der Waals surface area contributed by atoms with Gasteiger partial charge in [-0.05, 0) is 30.5 Å². The van der Waals surface area contributed by atoms with Crippen LogP contribution in [0.25, 0.3) is 0 Å². The number of hydrogen-bond donors (Lipinski definition) is 3. The number of benzene rings is 1. The van der Waals surface area contributed by atoms with Crippen LogP contribution < -0.4 is 26.0 Å². The first-order chi connectivity index (χ1) is 16.4. The van der Waals surface area contributed by atoms with Crippen LogP contribution in [-0.4, -0.2) is 73.9 Å². The average molecular weight is 486 g/mol. The number of aromatic nitrogens is 3. The zero-order valence-electron chi connectivity index (χ0n) is 18.8. The minimum Gasteiger partial charge on any atom is -0.406 e. The highest BCUT2D eigenvalue weighted by atomic mass is 19.4.